The minimum atomic E-state index is -0.0676. The molecule has 0 unspecified atom stereocenters. The first-order valence-electron chi connectivity index (χ1n) is 6.13. The number of carbonyl (C=O) groups excluding carboxylic acids is 1. The van der Waals surface area contributed by atoms with E-state index in [9.17, 15) is 9.90 Å². The molecule has 2 N–H and O–H groups in total. The third-order valence-electron chi connectivity index (χ3n) is 2.81. The quantitative estimate of drug-likeness (QED) is 0.827. The van der Waals surface area contributed by atoms with Crippen molar-refractivity contribution in [2.24, 2.45) is 0 Å². The van der Waals surface area contributed by atoms with Gasteiger partial charge in [-0.05, 0) is 43.2 Å². The number of carbonyl (C=O) groups is 1. The fourth-order valence-electron chi connectivity index (χ4n) is 1.81. The monoisotopic (exact) mass is 259 g/mol. The van der Waals surface area contributed by atoms with Crippen LogP contribution in [0.15, 0.2) is 30.6 Å². The van der Waals surface area contributed by atoms with Crippen LogP contribution in [0.5, 0.6) is 5.75 Å². The maximum Gasteiger partial charge on any atom is 0.226 e. The predicted octanol–water partition coefficient (Wildman–Crippen LogP) is 2.23. The van der Waals surface area contributed by atoms with Crippen LogP contribution in [0.2, 0.25) is 0 Å². The van der Waals surface area contributed by atoms with Gasteiger partial charge in [-0.15, -0.1) is 0 Å². The first-order chi connectivity index (χ1) is 9.04. The molecule has 1 aromatic heterocycles. The Bertz CT molecular complexity index is 590. The zero-order valence-electron chi connectivity index (χ0n) is 11.1. The van der Waals surface area contributed by atoms with Gasteiger partial charge in [-0.25, -0.2) is 0 Å². The van der Waals surface area contributed by atoms with Crippen LogP contribution in [-0.4, -0.2) is 20.8 Å². The molecule has 0 fully saturated rings. The molecule has 0 saturated carbocycles. The molecule has 1 aromatic carbocycles. The Labute approximate surface area is 111 Å². The summed E-state index contributed by atoms with van der Waals surface area (Å²) in [5.41, 5.74) is 2.64. The van der Waals surface area contributed by atoms with E-state index in [0.717, 1.165) is 16.8 Å². The van der Waals surface area contributed by atoms with Gasteiger partial charge in [-0.2, -0.15) is 5.10 Å². The Morgan fingerprint density at radius 3 is 2.84 bits per heavy atom. The predicted molar refractivity (Wildman–Crippen MR) is 73.1 cm³/mol. The fraction of sp³-hybridized carbons (Fsp3) is 0.286. The molecule has 0 atom stereocenters. The van der Waals surface area contributed by atoms with Crippen LogP contribution in [0, 0.1) is 13.8 Å². The average Bonchev–Trinajstić information content (AvgIpc) is 2.76. The molecule has 0 radical (unpaired) electrons. The lowest BCUT2D eigenvalue weighted by Gasteiger charge is -2.08. The summed E-state index contributed by atoms with van der Waals surface area (Å²) >= 11 is 0. The van der Waals surface area contributed by atoms with Gasteiger partial charge in [0, 0.05) is 24.8 Å². The molecular weight excluding hydrogens is 242 g/mol. The molecule has 0 saturated heterocycles. The molecule has 1 amide bonds. The number of aromatic hydroxyl groups is 1. The van der Waals surface area contributed by atoms with Crippen molar-refractivity contribution < 1.29 is 9.90 Å². The van der Waals surface area contributed by atoms with Crippen molar-refractivity contribution in [2.45, 2.75) is 26.8 Å². The average molecular weight is 259 g/mol. The zero-order chi connectivity index (χ0) is 13.8. The number of benzene rings is 1. The van der Waals surface area contributed by atoms with E-state index in [4.69, 9.17) is 0 Å². The number of hydrogen-bond donors (Lipinski definition) is 2. The van der Waals surface area contributed by atoms with Crippen LogP contribution in [0.3, 0.4) is 0 Å². The molecule has 1 heterocycles. The zero-order valence-corrected chi connectivity index (χ0v) is 11.1. The number of hydrogen-bond acceptors (Lipinski definition) is 3. The van der Waals surface area contributed by atoms with Crippen LogP contribution in [0.25, 0.3) is 0 Å². The third-order valence-corrected chi connectivity index (χ3v) is 2.81. The molecular formula is C14H17N3O2. The van der Waals surface area contributed by atoms with Crippen molar-refractivity contribution in [3.8, 4) is 5.75 Å². The maximum absolute atomic E-state index is 11.8. The normalized spacial score (nSPS) is 10.4. The highest BCUT2D eigenvalue weighted by atomic mass is 16.3. The molecule has 2 rings (SSSR count). The minimum Gasteiger partial charge on any atom is -0.508 e. The van der Waals surface area contributed by atoms with Gasteiger partial charge in [0.15, 0.2) is 0 Å². The highest BCUT2D eigenvalue weighted by molar-refractivity contribution is 5.91. The Morgan fingerprint density at radius 1 is 1.42 bits per heavy atom. The molecule has 0 aliphatic heterocycles. The van der Waals surface area contributed by atoms with Crippen molar-refractivity contribution in [1.82, 2.24) is 9.78 Å². The van der Waals surface area contributed by atoms with Gasteiger partial charge in [-0.1, -0.05) is 0 Å². The van der Waals surface area contributed by atoms with Crippen LogP contribution in [0.1, 0.15) is 17.5 Å². The lowest BCUT2D eigenvalue weighted by atomic mass is 10.2. The van der Waals surface area contributed by atoms with Gasteiger partial charge in [0.25, 0.3) is 0 Å². The van der Waals surface area contributed by atoms with Crippen LogP contribution < -0.4 is 5.32 Å². The maximum atomic E-state index is 11.8. The summed E-state index contributed by atoms with van der Waals surface area (Å²) in [6.07, 6.45) is 4.03. The van der Waals surface area contributed by atoms with Crippen molar-refractivity contribution in [3.05, 3.63) is 41.7 Å². The number of nitrogens with zero attached hydrogens (tertiary/aromatic N) is 2. The number of phenolic OH excluding ortho intramolecular Hbond substituents is 1. The van der Waals surface area contributed by atoms with E-state index in [1.807, 2.05) is 20.0 Å². The van der Waals surface area contributed by atoms with Crippen LogP contribution >= 0.6 is 0 Å². The number of aryl methyl sites for hydroxylation is 3. The summed E-state index contributed by atoms with van der Waals surface area (Å²) in [6, 6.07) is 4.87. The van der Waals surface area contributed by atoms with E-state index in [1.165, 1.54) is 0 Å². The Kier molecular flexibility index (Phi) is 3.85. The van der Waals surface area contributed by atoms with Crippen LogP contribution in [-0.2, 0) is 11.3 Å². The summed E-state index contributed by atoms with van der Waals surface area (Å²) in [7, 11) is 0. The van der Waals surface area contributed by atoms with E-state index < -0.39 is 0 Å². The summed E-state index contributed by atoms with van der Waals surface area (Å²) in [5, 5.41) is 16.3. The second-order valence-corrected chi connectivity index (χ2v) is 4.58. The molecule has 5 nitrogen and oxygen atoms in total. The summed E-state index contributed by atoms with van der Waals surface area (Å²) in [4.78, 5) is 11.8. The largest absolute Gasteiger partial charge is 0.508 e. The molecule has 0 aliphatic rings. The number of aromatic nitrogens is 2. The number of rotatable bonds is 4. The standard InChI is InChI=1S/C14H17N3O2/c1-10-8-15-17(9-10)6-5-14(19)16-13-4-3-12(18)7-11(13)2/h3-4,7-9,18H,5-6H2,1-2H3,(H,16,19). The van der Waals surface area contributed by atoms with Gasteiger partial charge in [0.2, 0.25) is 5.91 Å². The van der Waals surface area contributed by atoms with E-state index in [1.54, 1.807) is 29.1 Å². The second-order valence-electron chi connectivity index (χ2n) is 4.58. The minimum absolute atomic E-state index is 0.0676. The first-order valence-corrected chi connectivity index (χ1v) is 6.13. The molecule has 0 aliphatic carbocycles. The van der Waals surface area contributed by atoms with Gasteiger partial charge in [0.05, 0.1) is 6.20 Å². The lowest BCUT2D eigenvalue weighted by molar-refractivity contribution is -0.116. The molecule has 100 valence electrons. The van der Waals surface area contributed by atoms with E-state index >= 15 is 0 Å². The van der Waals surface area contributed by atoms with Crippen LogP contribution in [0.4, 0.5) is 5.69 Å². The SMILES string of the molecule is Cc1cnn(CCC(=O)Nc2ccc(O)cc2C)c1. The highest BCUT2D eigenvalue weighted by Gasteiger charge is 2.06. The van der Waals surface area contributed by atoms with Gasteiger partial charge in [0.1, 0.15) is 5.75 Å². The molecule has 0 spiro atoms. The smallest absolute Gasteiger partial charge is 0.226 e. The summed E-state index contributed by atoms with van der Waals surface area (Å²) < 4.78 is 1.75. The number of nitrogens with one attached hydrogen (secondary N) is 1. The Balaban J connectivity index is 1.90. The Hall–Kier alpha value is -2.30. The van der Waals surface area contributed by atoms with Crippen molar-refractivity contribution in [2.75, 3.05) is 5.32 Å². The molecule has 5 heteroatoms. The number of anilines is 1. The Morgan fingerprint density at radius 2 is 2.21 bits per heavy atom. The van der Waals surface area contributed by atoms with E-state index in [-0.39, 0.29) is 11.7 Å². The van der Waals surface area contributed by atoms with E-state index in [2.05, 4.69) is 10.4 Å². The summed E-state index contributed by atoms with van der Waals surface area (Å²) in [6.45, 7) is 4.35. The van der Waals surface area contributed by atoms with Gasteiger partial charge in [-0.3, -0.25) is 9.48 Å². The van der Waals surface area contributed by atoms with Gasteiger partial charge >= 0.3 is 0 Å². The molecule has 19 heavy (non-hydrogen) atoms. The summed E-state index contributed by atoms with van der Waals surface area (Å²) in [5.74, 6) is 0.129. The molecule has 2 aromatic rings. The third kappa shape index (κ3) is 3.58. The number of amides is 1. The molecule has 0 bridgehead atoms. The van der Waals surface area contributed by atoms with Crippen molar-refractivity contribution >= 4 is 11.6 Å². The topological polar surface area (TPSA) is 67.2 Å². The van der Waals surface area contributed by atoms with Crippen molar-refractivity contribution in [1.29, 1.82) is 0 Å². The van der Waals surface area contributed by atoms with Crippen molar-refractivity contribution in [3.63, 3.8) is 0 Å². The number of phenols is 1. The fourth-order valence-corrected chi connectivity index (χ4v) is 1.81. The second kappa shape index (κ2) is 5.56. The van der Waals surface area contributed by atoms with Gasteiger partial charge < -0.3 is 10.4 Å². The lowest BCUT2D eigenvalue weighted by Crippen LogP contribution is -2.15. The van der Waals surface area contributed by atoms with E-state index in [0.29, 0.717) is 13.0 Å². The first kappa shape index (κ1) is 13.1. The highest BCUT2D eigenvalue weighted by Crippen LogP contribution is 2.20.